The molecule has 1 atom stereocenters. The van der Waals surface area contributed by atoms with E-state index in [4.69, 9.17) is 9.47 Å². The van der Waals surface area contributed by atoms with Crippen LogP contribution in [-0.2, 0) is 16.1 Å². The van der Waals surface area contributed by atoms with Crippen LogP contribution in [-0.4, -0.2) is 43.0 Å². The number of ether oxygens (including phenoxy) is 2. The summed E-state index contributed by atoms with van der Waals surface area (Å²) in [6.45, 7) is 4.17. The molecule has 1 N–H and O–H groups in total. The van der Waals surface area contributed by atoms with Crippen LogP contribution in [0.15, 0.2) is 48.5 Å². The van der Waals surface area contributed by atoms with E-state index < -0.39 is 6.04 Å². The lowest BCUT2D eigenvalue weighted by Gasteiger charge is -2.29. The number of carbonyl (C=O) groups is 2. The lowest BCUT2D eigenvalue weighted by atomic mass is 10.1. The van der Waals surface area contributed by atoms with Gasteiger partial charge in [-0.2, -0.15) is 0 Å². The average molecular weight is 416 g/mol. The van der Waals surface area contributed by atoms with E-state index in [1.807, 2.05) is 6.92 Å². The number of amides is 2. The molecule has 0 unspecified atom stereocenters. The van der Waals surface area contributed by atoms with Gasteiger partial charge in [-0.25, -0.2) is 4.39 Å². The number of rotatable bonds is 11. The number of hydrogen-bond donors (Lipinski definition) is 1. The normalized spacial score (nSPS) is 11.5. The number of methoxy groups -OCH3 is 1. The van der Waals surface area contributed by atoms with Crippen molar-refractivity contribution in [3.63, 3.8) is 0 Å². The van der Waals surface area contributed by atoms with E-state index in [1.54, 1.807) is 43.3 Å². The van der Waals surface area contributed by atoms with Crippen LogP contribution < -0.4 is 14.8 Å². The van der Waals surface area contributed by atoms with Gasteiger partial charge in [-0.05, 0) is 43.2 Å². The highest BCUT2D eigenvalue weighted by molar-refractivity contribution is 5.88. The Balaban J connectivity index is 2.13. The fourth-order valence-electron chi connectivity index (χ4n) is 2.87. The van der Waals surface area contributed by atoms with E-state index in [-0.39, 0.29) is 30.8 Å². The molecule has 0 aliphatic rings. The molecule has 7 heteroatoms. The Hall–Kier alpha value is -3.09. The van der Waals surface area contributed by atoms with Crippen molar-refractivity contribution >= 4 is 11.8 Å². The maximum atomic E-state index is 13.2. The number of nitrogens with one attached hydrogen (secondary N) is 1. The highest BCUT2D eigenvalue weighted by atomic mass is 19.1. The zero-order valence-corrected chi connectivity index (χ0v) is 17.7. The largest absolute Gasteiger partial charge is 0.493 e. The third kappa shape index (κ3) is 6.76. The number of unbranched alkanes of at least 4 members (excludes halogenated alkanes) is 1. The van der Waals surface area contributed by atoms with Gasteiger partial charge in [0.2, 0.25) is 5.91 Å². The number of carbonyl (C=O) groups excluding carboxylic acids is 2. The predicted octanol–water partition coefficient (Wildman–Crippen LogP) is 3.55. The zero-order chi connectivity index (χ0) is 21.9. The molecule has 6 nitrogen and oxygen atoms in total. The summed E-state index contributed by atoms with van der Waals surface area (Å²) in [5.74, 6) is -0.00283. The van der Waals surface area contributed by atoms with Crippen LogP contribution in [0.5, 0.6) is 11.5 Å². The van der Waals surface area contributed by atoms with Gasteiger partial charge in [0, 0.05) is 13.1 Å². The second-order valence-corrected chi connectivity index (χ2v) is 6.91. The highest BCUT2D eigenvalue weighted by Gasteiger charge is 2.26. The molecule has 0 aromatic heterocycles. The maximum Gasteiger partial charge on any atom is 0.261 e. The van der Waals surface area contributed by atoms with Gasteiger partial charge in [-0.3, -0.25) is 9.59 Å². The molecule has 0 aliphatic heterocycles. The number of halogens is 1. The first-order valence-corrected chi connectivity index (χ1v) is 10.0. The third-order valence-electron chi connectivity index (χ3n) is 4.68. The first kappa shape index (κ1) is 23.2. The Morgan fingerprint density at radius 1 is 1.10 bits per heavy atom. The van der Waals surface area contributed by atoms with Crippen LogP contribution in [0.4, 0.5) is 4.39 Å². The van der Waals surface area contributed by atoms with Crippen molar-refractivity contribution in [1.82, 2.24) is 10.2 Å². The summed E-state index contributed by atoms with van der Waals surface area (Å²) in [6, 6.07) is 12.2. The molecular weight excluding hydrogens is 387 g/mol. The number of para-hydroxylation sites is 2. The summed E-state index contributed by atoms with van der Waals surface area (Å²) in [6.07, 6.45) is 1.82. The Morgan fingerprint density at radius 3 is 2.40 bits per heavy atom. The van der Waals surface area contributed by atoms with Crippen LogP contribution in [0, 0.1) is 5.82 Å². The van der Waals surface area contributed by atoms with Crippen LogP contribution >= 0.6 is 0 Å². The monoisotopic (exact) mass is 416 g/mol. The summed E-state index contributed by atoms with van der Waals surface area (Å²) in [7, 11) is 1.52. The van der Waals surface area contributed by atoms with Gasteiger partial charge in [-0.1, -0.05) is 37.6 Å². The molecule has 2 aromatic carbocycles. The van der Waals surface area contributed by atoms with Gasteiger partial charge >= 0.3 is 0 Å². The predicted molar refractivity (Wildman–Crippen MR) is 113 cm³/mol. The summed E-state index contributed by atoms with van der Waals surface area (Å²) in [5.41, 5.74) is 0.718. The van der Waals surface area contributed by atoms with E-state index in [1.165, 1.54) is 24.1 Å². The van der Waals surface area contributed by atoms with E-state index in [0.717, 1.165) is 18.4 Å². The average Bonchev–Trinajstić information content (AvgIpc) is 2.76. The molecule has 0 bridgehead atoms. The smallest absolute Gasteiger partial charge is 0.261 e. The minimum atomic E-state index is -0.708. The lowest BCUT2D eigenvalue weighted by Crippen LogP contribution is -2.49. The molecule has 2 amide bonds. The SMILES string of the molecule is CCCCNC(=O)[C@@H](C)N(Cc1ccc(F)cc1)C(=O)COc1ccccc1OC. The number of nitrogens with zero attached hydrogens (tertiary/aromatic N) is 1. The molecule has 0 radical (unpaired) electrons. The van der Waals surface area contributed by atoms with E-state index in [2.05, 4.69) is 5.32 Å². The molecule has 0 saturated carbocycles. The Kier molecular flexibility index (Phi) is 9.12. The van der Waals surface area contributed by atoms with Crippen molar-refractivity contribution in [1.29, 1.82) is 0 Å². The highest BCUT2D eigenvalue weighted by Crippen LogP contribution is 2.25. The van der Waals surface area contributed by atoms with Crippen molar-refractivity contribution < 1.29 is 23.5 Å². The Bertz CT molecular complexity index is 826. The second-order valence-electron chi connectivity index (χ2n) is 6.91. The van der Waals surface area contributed by atoms with Gasteiger partial charge in [0.15, 0.2) is 18.1 Å². The maximum absolute atomic E-state index is 13.2. The van der Waals surface area contributed by atoms with Crippen LogP contribution in [0.2, 0.25) is 0 Å². The molecule has 162 valence electrons. The summed E-state index contributed by atoms with van der Waals surface area (Å²) >= 11 is 0. The standard InChI is InChI=1S/C23H29FN2O4/c1-4-5-14-25-23(28)17(2)26(15-18-10-12-19(24)13-11-18)22(27)16-30-21-9-7-6-8-20(21)29-3/h6-13,17H,4-5,14-16H2,1-3H3,(H,25,28)/t17-/m1/s1. The Morgan fingerprint density at radius 2 is 1.77 bits per heavy atom. The van der Waals surface area contributed by atoms with Crippen molar-refractivity contribution in [2.24, 2.45) is 0 Å². The molecular formula is C23H29FN2O4. The molecule has 30 heavy (non-hydrogen) atoms. The van der Waals surface area contributed by atoms with Crippen LogP contribution in [0.1, 0.15) is 32.3 Å². The fourth-order valence-corrected chi connectivity index (χ4v) is 2.87. The van der Waals surface area contributed by atoms with Crippen LogP contribution in [0.3, 0.4) is 0 Å². The molecule has 0 spiro atoms. The topological polar surface area (TPSA) is 67.9 Å². The van der Waals surface area contributed by atoms with E-state index >= 15 is 0 Å². The van der Waals surface area contributed by atoms with Gasteiger partial charge in [0.25, 0.3) is 5.91 Å². The second kappa shape index (κ2) is 11.8. The zero-order valence-electron chi connectivity index (χ0n) is 17.7. The summed E-state index contributed by atoms with van der Waals surface area (Å²) in [5, 5.41) is 2.85. The summed E-state index contributed by atoms with van der Waals surface area (Å²) in [4.78, 5) is 27.0. The molecule has 0 fully saturated rings. The Labute approximate surface area is 177 Å². The van der Waals surface area contributed by atoms with E-state index in [0.29, 0.717) is 18.0 Å². The van der Waals surface area contributed by atoms with E-state index in [9.17, 15) is 14.0 Å². The minimum Gasteiger partial charge on any atom is -0.493 e. The molecule has 0 heterocycles. The van der Waals surface area contributed by atoms with Gasteiger partial charge in [0.05, 0.1) is 7.11 Å². The minimum absolute atomic E-state index is 0.163. The van der Waals surface area contributed by atoms with Crippen molar-refractivity contribution in [3.8, 4) is 11.5 Å². The number of benzene rings is 2. The quantitative estimate of drug-likeness (QED) is 0.569. The summed E-state index contributed by atoms with van der Waals surface area (Å²) < 4.78 is 24.1. The molecule has 0 aliphatic carbocycles. The number of hydrogen-bond acceptors (Lipinski definition) is 4. The molecule has 0 saturated heterocycles. The van der Waals surface area contributed by atoms with Gasteiger partial charge in [0.1, 0.15) is 11.9 Å². The van der Waals surface area contributed by atoms with Crippen molar-refractivity contribution in [2.45, 2.75) is 39.3 Å². The van der Waals surface area contributed by atoms with Gasteiger partial charge in [-0.15, -0.1) is 0 Å². The van der Waals surface area contributed by atoms with Crippen molar-refractivity contribution in [2.75, 3.05) is 20.3 Å². The molecule has 2 rings (SSSR count). The van der Waals surface area contributed by atoms with Crippen molar-refractivity contribution in [3.05, 3.63) is 59.9 Å². The first-order chi connectivity index (χ1) is 14.5. The van der Waals surface area contributed by atoms with Gasteiger partial charge < -0.3 is 19.7 Å². The fraction of sp³-hybridized carbons (Fsp3) is 0.391. The molecule has 2 aromatic rings. The third-order valence-corrected chi connectivity index (χ3v) is 4.68. The first-order valence-electron chi connectivity index (χ1n) is 10.0. The lowest BCUT2D eigenvalue weighted by molar-refractivity contribution is -0.142. The van der Waals surface area contributed by atoms with Crippen LogP contribution in [0.25, 0.3) is 0 Å².